The maximum atomic E-state index is 14.9. The van der Waals surface area contributed by atoms with Gasteiger partial charge in [0.25, 0.3) is 0 Å². The lowest BCUT2D eigenvalue weighted by atomic mass is 9.93. The fourth-order valence-electron chi connectivity index (χ4n) is 3.96. The van der Waals surface area contributed by atoms with E-state index in [0.29, 0.717) is 24.2 Å². The minimum atomic E-state index is -0.201. The molecule has 0 unspecified atom stereocenters. The third-order valence-electron chi connectivity index (χ3n) is 5.85. The summed E-state index contributed by atoms with van der Waals surface area (Å²) in [4.78, 5) is 4.43. The van der Waals surface area contributed by atoms with Gasteiger partial charge in [-0.3, -0.25) is 0 Å². The van der Waals surface area contributed by atoms with Gasteiger partial charge in [0, 0.05) is 43.0 Å². The number of hydrogen-bond acceptors (Lipinski definition) is 4. The van der Waals surface area contributed by atoms with Gasteiger partial charge in [0.05, 0.1) is 0 Å². The van der Waals surface area contributed by atoms with E-state index in [2.05, 4.69) is 23.5 Å². The molecule has 0 spiro atoms. The van der Waals surface area contributed by atoms with Crippen LogP contribution in [0.2, 0.25) is 0 Å². The average molecular weight is 434 g/mol. The average Bonchev–Trinajstić information content (AvgIpc) is 3.19. The molecule has 0 aliphatic carbocycles. The van der Waals surface area contributed by atoms with Gasteiger partial charge in [-0.1, -0.05) is 25.3 Å². The van der Waals surface area contributed by atoms with E-state index in [1.165, 1.54) is 6.07 Å². The topological polar surface area (TPSA) is 81.4 Å². The molecule has 0 saturated carbocycles. The first kappa shape index (κ1) is 23.3. The largest absolute Gasteiger partial charge is 0.399 e. The summed E-state index contributed by atoms with van der Waals surface area (Å²) in [5.41, 5.74) is 19.2. The molecule has 0 aliphatic heterocycles. The molecule has 3 rings (SSSR count). The Morgan fingerprint density at radius 3 is 2.66 bits per heavy atom. The summed E-state index contributed by atoms with van der Waals surface area (Å²) in [7, 11) is 1.86. The summed E-state index contributed by atoms with van der Waals surface area (Å²) in [5, 5.41) is 3.16. The first-order valence-corrected chi connectivity index (χ1v) is 10.8. The summed E-state index contributed by atoms with van der Waals surface area (Å²) in [6.45, 7) is 10.4. The van der Waals surface area contributed by atoms with Crippen LogP contribution in [0, 0.1) is 5.82 Å². The molecule has 5 nitrogen and oxygen atoms in total. The number of imidazole rings is 1. The minimum Gasteiger partial charge on any atom is -0.399 e. The highest BCUT2D eigenvalue weighted by atomic mass is 19.1. The Morgan fingerprint density at radius 1 is 1.19 bits per heavy atom. The zero-order chi connectivity index (χ0) is 23.3. The van der Waals surface area contributed by atoms with Gasteiger partial charge in [0.2, 0.25) is 0 Å². The van der Waals surface area contributed by atoms with Crippen LogP contribution in [0.1, 0.15) is 31.0 Å². The van der Waals surface area contributed by atoms with Crippen molar-refractivity contribution >= 4 is 5.65 Å². The van der Waals surface area contributed by atoms with Crippen LogP contribution in [0.15, 0.2) is 78.4 Å². The number of pyridine rings is 1. The Bertz CT molecular complexity index is 1170. The lowest BCUT2D eigenvalue weighted by Gasteiger charge is -2.16. The number of halogens is 1. The first-order valence-electron chi connectivity index (χ1n) is 10.8. The zero-order valence-corrected chi connectivity index (χ0v) is 18.9. The summed E-state index contributed by atoms with van der Waals surface area (Å²) in [6, 6.07) is 9.19. The highest BCUT2D eigenvalue weighted by molar-refractivity contribution is 5.68. The van der Waals surface area contributed by atoms with Crippen molar-refractivity contribution in [2.75, 3.05) is 13.6 Å². The van der Waals surface area contributed by atoms with Crippen LogP contribution in [0.25, 0.3) is 16.8 Å². The molecule has 2 aromatic heterocycles. The monoisotopic (exact) mass is 433 g/mol. The van der Waals surface area contributed by atoms with Gasteiger partial charge >= 0.3 is 0 Å². The molecule has 0 fully saturated rings. The fourth-order valence-corrected chi connectivity index (χ4v) is 3.96. The molecule has 0 amide bonds. The summed E-state index contributed by atoms with van der Waals surface area (Å²) >= 11 is 0. The lowest BCUT2D eigenvalue weighted by molar-refractivity contribution is 0.605. The van der Waals surface area contributed by atoms with Crippen LogP contribution in [0.3, 0.4) is 0 Å². The molecule has 5 N–H and O–H groups in total. The minimum absolute atomic E-state index is 0.201. The van der Waals surface area contributed by atoms with Crippen LogP contribution in [-0.2, 0) is 12.8 Å². The van der Waals surface area contributed by atoms with E-state index in [0.717, 1.165) is 58.6 Å². The molecule has 32 heavy (non-hydrogen) atoms. The Morgan fingerprint density at radius 2 is 1.97 bits per heavy atom. The number of nitrogens with one attached hydrogen (secondary N) is 1. The van der Waals surface area contributed by atoms with Crippen LogP contribution in [0.5, 0.6) is 0 Å². The summed E-state index contributed by atoms with van der Waals surface area (Å²) < 4.78 is 16.9. The second kappa shape index (κ2) is 10.3. The molecule has 6 heteroatoms. The van der Waals surface area contributed by atoms with Gasteiger partial charge in [-0.05, 0) is 78.8 Å². The van der Waals surface area contributed by atoms with Crippen molar-refractivity contribution in [2.24, 2.45) is 11.5 Å². The number of benzene rings is 1. The fraction of sp³-hybridized carbons (Fsp3) is 0.269. The van der Waals surface area contributed by atoms with Crippen LogP contribution < -0.4 is 16.8 Å². The molecule has 168 valence electrons. The smallest absolute Gasteiger partial charge is 0.136 e. The number of rotatable bonds is 10. The Kier molecular flexibility index (Phi) is 7.49. The second-order valence-electron chi connectivity index (χ2n) is 7.91. The first-order chi connectivity index (χ1) is 15.4. The van der Waals surface area contributed by atoms with Gasteiger partial charge < -0.3 is 21.2 Å². The SMILES string of the molecule is C=C(N)C(=C)/C(CCCc1c(F)cccc1-c1ccc2ncc(CCN)n2c1)=C(/C)NC. The van der Waals surface area contributed by atoms with Crippen molar-refractivity contribution in [1.29, 1.82) is 0 Å². The van der Waals surface area contributed by atoms with Crippen molar-refractivity contribution < 1.29 is 4.39 Å². The lowest BCUT2D eigenvalue weighted by Crippen LogP contribution is -2.11. The van der Waals surface area contributed by atoms with Crippen LogP contribution >= 0.6 is 0 Å². The van der Waals surface area contributed by atoms with E-state index in [9.17, 15) is 4.39 Å². The normalized spacial score (nSPS) is 12.0. The molecule has 0 atom stereocenters. The quantitative estimate of drug-likeness (QED) is 0.412. The van der Waals surface area contributed by atoms with Crippen molar-refractivity contribution in [2.45, 2.75) is 32.6 Å². The molecule has 0 radical (unpaired) electrons. The zero-order valence-electron chi connectivity index (χ0n) is 18.9. The van der Waals surface area contributed by atoms with E-state index in [1.54, 1.807) is 6.07 Å². The van der Waals surface area contributed by atoms with Crippen molar-refractivity contribution in [3.63, 3.8) is 0 Å². The van der Waals surface area contributed by atoms with Gasteiger partial charge in [0.1, 0.15) is 11.5 Å². The maximum Gasteiger partial charge on any atom is 0.136 e. The number of fused-ring (bicyclic) bond motifs is 1. The van der Waals surface area contributed by atoms with Crippen molar-refractivity contribution in [1.82, 2.24) is 14.7 Å². The number of nitrogens with zero attached hydrogens (tertiary/aromatic N) is 2. The second-order valence-corrected chi connectivity index (χ2v) is 7.91. The summed E-state index contributed by atoms with van der Waals surface area (Å²) in [6.07, 6.45) is 6.65. The molecule has 0 bridgehead atoms. The molecule has 2 heterocycles. The molecule has 1 aromatic carbocycles. The molecular weight excluding hydrogens is 401 g/mol. The van der Waals surface area contributed by atoms with Gasteiger partial charge in [0.15, 0.2) is 0 Å². The Balaban J connectivity index is 1.90. The van der Waals surface area contributed by atoms with Gasteiger partial charge in [-0.2, -0.15) is 0 Å². The van der Waals surface area contributed by atoms with E-state index in [-0.39, 0.29) is 5.82 Å². The Labute approximate surface area is 189 Å². The standard InChI is InChI=1S/C26H32FN5/c1-17(18(2)29)22(19(3)30-4)7-5-9-24-23(8-6-10-25(24)27)20-11-12-26-31-15-21(13-14-28)32(26)16-20/h6,8,10-12,15-16,30H,1-2,5,7,9,13-14,28-29H2,3-4H3/b22-19-. The highest BCUT2D eigenvalue weighted by Crippen LogP contribution is 2.29. The predicted octanol–water partition coefficient (Wildman–Crippen LogP) is 4.49. The molecular formula is C26H32FN5. The maximum absolute atomic E-state index is 14.9. The number of allylic oxidation sites excluding steroid dienone is 2. The number of aromatic nitrogens is 2. The Hall–Kier alpha value is -3.38. The van der Waals surface area contributed by atoms with E-state index < -0.39 is 0 Å². The third kappa shape index (κ3) is 4.92. The van der Waals surface area contributed by atoms with Crippen LogP contribution in [-0.4, -0.2) is 23.0 Å². The van der Waals surface area contributed by atoms with E-state index in [1.807, 2.05) is 49.0 Å². The van der Waals surface area contributed by atoms with E-state index in [4.69, 9.17) is 11.5 Å². The predicted molar refractivity (Wildman–Crippen MR) is 131 cm³/mol. The molecule has 3 aromatic rings. The third-order valence-corrected chi connectivity index (χ3v) is 5.85. The molecule has 0 saturated heterocycles. The summed E-state index contributed by atoms with van der Waals surface area (Å²) in [5.74, 6) is -0.201. The van der Waals surface area contributed by atoms with Crippen molar-refractivity contribution in [3.05, 3.63) is 95.5 Å². The van der Waals surface area contributed by atoms with E-state index >= 15 is 0 Å². The highest BCUT2D eigenvalue weighted by Gasteiger charge is 2.14. The number of hydrogen-bond donors (Lipinski definition) is 3. The van der Waals surface area contributed by atoms with Gasteiger partial charge in [-0.15, -0.1) is 0 Å². The molecule has 0 aliphatic rings. The van der Waals surface area contributed by atoms with Crippen molar-refractivity contribution in [3.8, 4) is 11.1 Å². The van der Waals surface area contributed by atoms with Crippen LogP contribution in [0.4, 0.5) is 4.39 Å². The van der Waals surface area contributed by atoms with Gasteiger partial charge in [-0.25, -0.2) is 9.37 Å². The number of nitrogens with two attached hydrogens (primary N) is 2.